The average Bonchev–Trinajstić information content (AvgIpc) is 2.69. The van der Waals surface area contributed by atoms with E-state index in [1.165, 1.54) is 6.20 Å². The first-order valence-corrected chi connectivity index (χ1v) is 10.1. The van der Waals surface area contributed by atoms with Crippen molar-refractivity contribution in [2.45, 2.75) is 30.2 Å². The van der Waals surface area contributed by atoms with Crippen LogP contribution in [0, 0.1) is 6.92 Å². The maximum atomic E-state index is 13.3. The minimum atomic E-state index is -3.81. The van der Waals surface area contributed by atoms with Gasteiger partial charge in [0.05, 0.1) is 23.4 Å². The Morgan fingerprint density at radius 3 is 2.19 bits per heavy atom. The molecule has 0 bridgehead atoms. The molecule has 0 N–H and O–H groups in total. The van der Waals surface area contributed by atoms with Crippen LogP contribution >= 0.6 is 0 Å². The molecule has 0 aliphatic heterocycles. The van der Waals surface area contributed by atoms with Crippen molar-refractivity contribution in [3.05, 3.63) is 78.1 Å². The van der Waals surface area contributed by atoms with Gasteiger partial charge in [-0.3, -0.25) is 4.98 Å². The summed E-state index contributed by atoms with van der Waals surface area (Å²) in [5.41, 5.74) is 1.29. The van der Waals surface area contributed by atoms with Crippen LogP contribution in [0.25, 0.3) is 0 Å². The highest BCUT2D eigenvalue weighted by Crippen LogP contribution is 2.39. The Morgan fingerprint density at radius 1 is 0.926 bits per heavy atom. The molecule has 0 saturated carbocycles. The van der Waals surface area contributed by atoms with Gasteiger partial charge in [-0.25, -0.2) is 8.42 Å². The number of aryl methyl sites for hydroxylation is 1. The van der Waals surface area contributed by atoms with Crippen molar-refractivity contribution >= 4 is 9.84 Å². The van der Waals surface area contributed by atoms with Crippen LogP contribution < -0.4 is 9.47 Å². The van der Waals surface area contributed by atoms with E-state index >= 15 is 0 Å². The van der Waals surface area contributed by atoms with Crippen LogP contribution in [0.5, 0.6) is 11.5 Å². The van der Waals surface area contributed by atoms with Gasteiger partial charge in [0.2, 0.25) is 9.84 Å². The second-order valence-electron chi connectivity index (χ2n) is 5.89. The summed E-state index contributed by atoms with van der Waals surface area (Å²) < 4.78 is 38.1. The maximum Gasteiger partial charge on any atom is 0.212 e. The van der Waals surface area contributed by atoms with Gasteiger partial charge in [-0.1, -0.05) is 48.5 Å². The Balaban J connectivity index is 2.10. The fourth-order valence-electron chi connectivity index (χ4n) is 2.71. The summed E-state index contributed by atoms with van der Waals surface area (Å²) in [6.45, 7) is 4.08. The number of aromatic nitrogens is 1. The lowest BCUT2D eigenvalue weighted by Crippen LogP contribution is -2.11. The Bertz CT molecular complexity index is 1000. The van der Waals surface area contributed by atoms with Crippen LogP contribution in [0.1, 0.15) is 18.2 Å². The zero-order valence-corrected chi connectivity index (χ0v) is 16.1. The maximum absolute atomic E-state index is 13.3. The summed E-state index contributed by atoms with van der Waals surface area (Å²) >= 11 is 0. The minimum Gasteiger partial charge on any atom is -0.488 e. The van der Waals surface area contributed by atoms with Crippen LogP contribution in [0.3, 0.4) is 0 Å². The van der Waals surface area contributed by atoms with Crippen molar-refractivity contribution in [2.24, 2.45) is 0 Å². The lowest BCUT2D eigenvalue weighted by Gasteiger charge is -2.17. The van der Waals surface area contributed by atoms with Crippen molar-refractivity contribution in [3.8, 4) is 11.5 Å². The highest BCUT2D eigenvalue weighted by Gasteiger charge is 2.28. The van der Waals surface area contributed by atoms with Gasteiger partial charge in [0.15, 0.2) is 11.5 Å². The van der Waals surface area contributed by atoms with Crippen LogP contribution in [-0.2, 0) is 16.4 Å². The molecule has 1 aromatic heterocycles. The minimum absolute atomic E-state index is 0.0376. The van der Waals surface area contributed by atoms with Crippen LogP contribution in [0.2, 0.25) is 0 Å². The molecule has 0 amide bonds. The standard InChI is InChI=1S/C21H21NO4S/c1-3-25-19-14-22-16(2)21(27(23,24)18-12-8-5-9-13-18)20(19)26-15-17-10-6-4-7-11-17/h4-14H,3,15H2,1-2H3. The first kappa shape index (κ1) is 18.9. The molecule has 6 heteroatoms. The van der Waals surface area contributed by atoms with Crippen molar-refractivity contribution in [2.75, 3.05) is 6.61 Å². The van der Waals surface area contributed by atoms with Gasteiger partial charge in [-0.15, -0.1) is 0 Å². The highest BCUT2D eigenvalue weighted by atomic mass is 32.2. The summed E-state index contributed by atoms with van der Waals surface area (Å²) in [4.78, 5) is 4.45. The van der Waals surface area contributed by atoms with E-state index in [-0.39, 0.29) is 22.1 Å². The first-order valence-electron chi connectivity index (χ1n) is 8.63. The number of hydrogen-bond acceptors (Lipinski definition) is 5. The number of ether oxygens (including phenoxy) is 2. The average molecular weight is 383 g/mol. The molecule has 27 heavy (non-hydrogen) atoms. The lowest BCUT2D eigenvalue weighted by atomic mass is 10.2. The van der Waals surface area contributed by atoms with E-state index in [1.54, 1.807) is 37.3 Å². The third kappa shape index (κ3) is 4.11. The van der Waals surface area contributed by atoms with Crippen molar-refractivity contribution in [3.63, 3.8) is 0 Å². The number of pyridine rings is 1. The molecule has 0 unspecified atom stereocenters. The summed E-state index contributed by atoms with van der Waals surface area (Å²) in [6.07, 6.45) is 1.50. The van der Waals surface area contributed by atoms with E-state index in [4.69, 9.17) is 9.47 Å². The summed E-state index contributed by atoms with van der Waals surface area (Å²) in [6, 6.07) is 17.8. The number of rotatable bonds is 7. The molecule has 3 aromatic rings. The van der Waals surface area contributed by atoms with Gasteiger partial charge in [0, 0.05) is 0 Å². The van der Waals surface area contributed by atoms with Gasteiger partial charge in [-0.2, -0.15) is 0 Å². The highest BCUT2D eigenvalue weighted by molar-refractivity contribution is 7.91. The zero-order chi connectivity index (χ0) is 19.3. The number of hydrogen-bond donors (Lipinski definition) is 0. The van der Waals surface area contributed by atoms with Crippen LogP contribution in [0.15, 0.2) is 76.7 Å². The second-order valence-corrected chi connectivity index (χ2v) is 7.78. The molecule has 140 valence electrons. The van der Waals surface area contributed by atoms with Crippen LogP contribution in [0.4, 0.5) is 0 Å². The van der Waals surface area contributed by atoms with Gasteiger partial charge < -0.3 is 9.47 Å². The second kappa shape index (κ2) is 8.22. The predicted molar refractivity (Wildman–Crippen MR) is 103 cm³/mol. The number of nitrogens with zero attached hydrogens (tertiary/aromatic N) is 1. The first-order chi connectivity index (χ1) is 13.0. The summed E-state index contributed by atoms with van der Waals surface area (Å²) in [5, 5.41) is 0. The molecule has 0 fully saturated rings. The topological polar surface area (TPSA) is 65.5 Å². The van der Waals surface area contributed by atoms with Gasteiger partial charge in [0.25, 0.3) is 0 Å². The van der Waals surface area contributed by atoms with Crippen molar-refractivity contribution in [1.82, 2.24) is 4.98 Å². The molecule has 0 spiro atoms. The molecule has 0 aliphatic carbocycles. The smallest absolute Gasteiger partial charge is 0.212 e. The molecule has 0 radical (unpaired) electrons. The number of benzene rings is 2. The normalized spacial score (nSPS) is 11.2. The van der Waals surface area contributed by atoms with E-state index in [1.807, 2.05) is 37.3 Å². The molecule has 3 rings (SSSR count). The van der Waals surface area contributed by atoms with E-state index in [2.05, 4.69) is 4.98 Å². The Morgan fingerprint density at radius 2 is 1.56 bits per heavy atom. The van der Waals surface area contributed by atoms with Crippen molar-refractivity contribution in [1.29, 1.82) is 0 Å². The fraction of sp³-hybridized carbons (Fsp3) is 0.190. The van der Waals surface area contributed by atoms with Gasteiger partial charge in [0.1, 0.15) is 11.5 Å². The molecule has 0 atom stereocenters. The Kier molecular flexibility index (Phi) is 5.76. The number of sulfone groups is 1. The summed E-state index contributed by atoms with van der Waals surface area (Å²) in [5.74, 6) is 0.505. The summed E-state index contributed by atoms with van der Waals surface area (Å²) in [7, 11) is -3.81. The quantitative estimate of drug-likeness (QED) is 0.612. The third-order valence-electron chi connectivity index (χ3n) is 3.98. The molecule has 2 aromatic carbocycles. The molecule has 1 heterocycles. The third-order valence-corrected chi connectivity index (χ3v) is 5.89. The SMILES string of the molecule is CCOc1cnc(C)c(S(=O)(=O)c2ccccc2)c1OCc1ccccc1. The molecule has 0 aliphatic rings. The fourth-order valence-corrected chi connectivity index (χ4v) is 4.30. The van der Waals surface area contributed by atoms with Gasteiger partial charge in [-0.05, 0) is 31.5 Å². The van der Waals surface area contributed by atoms with Gasteiger partial charge >= 0.3 is 0 Å². The molecular formula is C21H21NO4S. The predicted octanol–water partition coefficient (Wildman–Crippen LogP) is 4.20. The molecular weight excluding hydrogens is 362 g/mol. The largest absolute Gasteiger partial charge is 0.488 e. The van der Waals surface area contributed by atoms with E-state index in [9.17, 15) is 8.42 Å². The van der Waals surface area contributed by atoms with Crippen LogP contribution in [-0.4, -0.2) is 20.0 Å². The zero-order valence-electron chi connectivity index (χ0n) is 15.3. The Hall–Kier alpha value is -2.86. The van der Waals surface area contributed by atoms with Crippen molar-refractivity contribution < 1.29 is 17.9 Å². The van der Waals surface area contributed by atoms with E-state index in [0.717, 1.165) is 5.56 Å². The van der Waals surface area contributed by atoms with E-state index in [0.29, 0.717) is 18.1 Å². The molecule has 0 saturated heterocycles. The monoisotopic (exact) mass is 383 g/mol. The molecule has 5 nitrogen and oxygen atoms in total. The Labute approximate surface area is 159 Å². The van der Waals surface area contributed by atoms with E-state index < -0.39 is 9.84 Å². The lowest BCUT2D eigenvalue weighted by molar-refractivity contribution is 0.260.